The van der Waals surface area contributed by atoms with Crippen molar-refractivity contribution in [3.05, 3.63) is 59.7 Å². The van der Waals surface area contributed by atoms with Gasteiger partial charge in [-0.05, 0) is 53.9 Å². The van der Waals surface area contributed by atoms with Gasteiger partial charge < -0.3 is 20.1 Å². The van der Waals surface area contributed by atoms with Crippen LogP contribution in [0, 0.1) is 11.8 Å². The Morgan fingerprint density at radius 2 is 1.68 bits per heavy atom. The molecule has 1 aliphatic heterocycles. The Hall–Kier alpha value is -3.35. The molecule has 0 aromatic heterocycles. The smallest absolute Gasteiger partial charge is 0.407 e. The summed E-state index contributed by atoms with van der Waals surface area (Å²) in [4.78, 5) is 38.3. The summed E-state index contributed by atoms with van der Waals surface area (Å²) in [6.45, 7) is 1.28. The Morgan fingerprint density at radius 1 is 1.00 bits per heavy atom. The summed E-state index contributed by atoms with van der Waals surface area (Å²) in [5, 5.41) is 12.0. The minimum absolute atomic E-state index is 0.00112. The fourth-order valence-corrected chi connectivity index (χ4v) is 5.56. The summed E-state index contributed by atoms with van der Waals surface area (Å²) in [6.07, 6.45) is 2.87. The molecule has 1 saturated heterocycles. The second kappa shape index (κ2) is 9.49. The van der Waals surface area contributed by atoms with Gasteiger partial charge in [0.25, 0.3) is 0 Å². The number of carboxylic acid groups (broad SMARTS) is 1. The van der Waals surface area contributed by atoms with E-state index in [2.05, 4.69) is 29.6 Å². The van der Waals surface area contributed by atoms with E-state index >= 15 is 0 Å². The molecule has 0 radical (unpaired) electrons. The van der Waals surface area contributed by atoms with E-state index in [4.69, 9.17) is 9.84 Å². The average Bonchev–Trinajstić information content (AvgIpc) is 3.56. The minimum atomic E-state index is -0.867. The van der Waals surface area contributed by atoms with Crippen molar-refractivity contribution < 1.29 is 24.2 Å². The molecular weight excluding hydrogens is 432 g/mol. The Balaban J connectivity index is 1.11. The lowest BCUT2D eigenvalue weighted by Gasteiger charge is -2.35. The third-order valence-corrected chi connectivity index (χ3v) is 7.41. The number of carboxylic acids is 1. The quantitative estimate of drug-likeness (QED) is 0.648. The Labute approximate surface area is 199 Å². The van der Waals surface area contributed by atoms with Crippen LogP contribution in [0.25, 0.3) is 11.1 Å². The standard InChI is InChI=1S/C27H30N2O5/c30-25(31)14-18-7-5-6-12-29(18)26(32)23-13-17(23)15-28-27(33)34-16-24-21-10-3-1-8-19(21)20-9-2-4-11-22(20)24/h1-4,8-11,17-18,23-24H,5-7,12-16H2,(H,28,33)(H,30,31)/t17?,18-,23?/m1/s1. The summed E-state index contributed by atoms with van der Waals surface area (Å²) < 4.78 is 5.58. The third-order valence-electron chi connectivity index (χ3n) is 7.41. The predicted octanol–water partition coefficient (Wildman–Crippen LogP) is 4.02. The molecule has 2 unspecified atom stereocenters. The second-order valence-electron chi connectivity index (χ2n) is 9.59. The van der Waals surface area contributed by atoms with Crippen LogP contribution in [0.1, 0.15) is 49.1 Å². The minimum Gasteiger partial charge on any atom is -0.481 e. The van der Waals surface area contributed by atoms with E-state index in [1.807, 2.05) is 24.3 Å². The normalized spacial score (nSPS) is 23.1. The number of fused-ring (bicyclic) bond motifs is 3. The number of benzene rings is 2. The number of piperidine rings is 1. The number of hydrogen-bond donors (Lipinski definition) is 2. The van der Waals surface area contributed by atoms with Gasteiger partial charge in [-0.25, -0.2) is 4.79 Å². The van der Waals surface area contributed by atoms with Crippen LogP contribution in [0.2, 0.25) is 0 Å². The highest BCUT2D eigenvalue weighted by Gasteiger charge is 2.46. The summed E-state index contributed by atoms with van der Waals surface area (Å²) in [7, 11) is 0. The number of nitrogens with zero attached hydrogens (tertiary/aromatic N) is 1. The zero-order valence-corrected chi connectivity index (χ0v) is 19.1. The molecule has 2 amide bonds. The van der Waals surface area contributed by atoms with E-state index in [1.54, 1.807) is 4.90 Å². The van der Waals surface area contributed by atoms with Crippen LogP contribution in [0.4, 0.5) is 4.79 Å². The maximum absolute atomic E-state index is 12.9. The van der Waals surface area contributed by atoms with Crippen molar-refractivity contribution in [3.8, 4) is 11.1 Å². The maximum Gasteiger partial charge on any atom is 0.407 e. The lowest BCUT2D eigenvalue weighted by Crippen LogP contribution is -2.45. The van der Waals surface area contributed by atoms with Crippen molar-refractivity contribution in [2.24, 2.45) is 11.8 Å². The van der Waals surface area contributed by atoms with Gasteiger partial charge in [-0.1, -0.05) is 48.5 Å². The van der Waals surface area contributed by atoms with Crippen molar-refractivity contribution in [2.45, 2.75) is 44.1 Å². The summed E-state index contributed by atoms with van der Waals surface area (Å²) in [5.74, 6) is -0.874. The molecule has 1 heterocycles. The number of hydrogen-bond acceptors (Lipinski definition) is 4. The van der Waals surface area contributed by atoms with Crippen LogP contribution in [-0.2, 0) is 14.3 Å². The van der Waals surface area contributed by atoms with Crippen molar-refractivity contribution in [1.29, 1.82) is 0 Å². The van der Waals surface area contributed by atoms with E-state index < -0.39 is 12.1 Å². The Kier molecular flexibility index (Phi) is 6.26. The van der Waals surface area contributed by atoms with Gasteiger partial charge in [0.2, 0.25) is 5.91 Å². The van der Waals surface area contributed by atoms with Gasteiger partial charge in [-0.3, -0.25) is 9.59 Å². The fraction of sp³-hybridized carbons (Fsp3) is 0.444. The molecular formula is C27H30N2O5. The molecule has 0 bridgehead atoms. The van der Waals surface area contributed by atoms with Gasteiger partial charge in [0.1, 0.15) is 6.61 Å². The lowest BCUT2D eigenvalue weighted by atomic mass is 9.98. The number of carbonyl (C=O) groups excluding carboxylic acids is 2. The third kappa shape index (κ3) is 4.52. The monoisotopic (exact) mass is 462 g/mol. The van der Waals surface area contributed by atoms with E-state index in [-0.39, 0.29) is 42.7 Å². The first-order valence-electron chi connectivity index (χ1n) is 12.1. The second-order valence-corrected chi connectivity index (χ2v) is 9.59. The first-order valence-corrected chi connectivity index (χ1v) is 12.1. The zero-order chi connectivity index (χ0) is 23.7. The highest BCUT2D eigenvalue weighted by Crippen LogP contribution is 2.44. The number of carbonyl (C=O) groups is 3. The number of alkyl carbamates (subject to hydrolysis) is 1. The van der Waals surface area contributed by atoms with E-state index in [0.29, 0.717) is 13.1 Å². The van der Waals surface area contributed by atoms with Gasteiger partial charge in [-0.15, -0.1) is 0 Å². The largest absolute Gasteiger partial charge is 0.481 e. The summed E-state index contributed by atoms with van der Waals surface area (Å²) in [5.41, 5.74) is 4.71. The van der Waals surface area contributed by atoms with Crippen molar-refractivity contribution >= 4 is 18.0 Å². The van der Waals surface area contributed by atoms with Gasteiger partial charge in [0.15, 0.2) is 0 Å². The molecule has 5 rings (SSSR count). The number of aliphatic carboxylic acids is 1. The Morgan fingerprint density at radius 3 is 2.35 bits per heavy atom. The van der Waals surface area contributed by atoms with Crippen LogP contribution >= 0.6 is 0 Å². The molecule has 3 aliphatic rings. The SMILES string of the molecule is O=C(O)C[C@H]1CCCCN1C(=O)C1CC1CNC(=O)OCC1c2ccccc2-c2ccccc21. The van der Waals surface area contributed by atoms with Crippen LogP contribution in [0.5, 0.6) is 0 Å². The number of rotatable bonds is 7. The van der Waals surface area contributed by atoms with Crippen molar-refractivity contribution in [3.63, 3.8) is 0 Å². The number of ether oxygens (including phenoxy) is 1. The molecule has 2 aromatic carbocycles. The highest BCUT2D eigenvalue weighted by atomic mass is 16.5. The molecule has 2 fully saturated rings. The van der Waals surface area contributed by atoms with Crippen LogP contribution in [-0.4, -0.2) is 53.7 Å². The molecule has 2 N–H and O–H groups in total. The lowest BCUT2D eigenvalue weighted by molar-refractivity contribution is -0.142. The van der Waals surface area contributed by atoms with Crippen LogP contribution in [0.3, 0.4) is 0 Å². The van der Waals surface area contributed by atoms with Gasteiger partial charge in [-0.2, -0.15) is 0 Å². The van der Waals surface area contributed by atoms with Crippen LogP contribution < -0.4 is 5.32 Å². The molecule has 7 nitrogen and oxygen atoms in total. The first-order chi connectivity index (χ1) is 16.5. The first kappa shape index (κ1) is 22.4. The number of nitrogens with one attached hydrogen (secondary N) is 1. The molecule has 34 heavy (non-hydrogen) atoms. The highest BCUT2D eigenvalue weighted by molar-refractivity contribution is 5.83. The van der Waals surface area contributed by atoms with Gasteiger partial charge >= 0.3 is 12.1 Å². The van der Waals surface area contributed by atoms with Gasteiger partial charge in [0.05, 0.1) is 6.42 Å². The topological polar surface area (TPSA) is 95.9 Å². The average molecular weight is 463 g/mol. The maximum atomic E-state index is 12.9. The summed E-state index contributed by atoms with van der Waals surface area (Å²) in [6, 6.07) is 16.2. The molecule has 2 aromatic rings. The Bertz CT molecular complexity index is 1050. The van der Waals surface area contributed by atoms with Crippen LogP contribution in [0.15, 0.2) is 48.5 Å². The molecule has 1 saturated carbocycles. The molecule has 0 spiro atoms. The van der Waals surface area contributed by atoms with Crippen molar-refractivity contribution in [2.75, 3.05) is 19.7 Å². The van der Waals surface area contributed by atoms with Crippen molar-refractivity contribution in [1.82, 2.24) is 10.2 Å². The summed E-state index contributed by atoms with van der Waals surface area (Å²) >= 11 is 0. The zero-order valence-electron chi connectivity index (χ0n) is 19.1. The van der Waals surface area contributed by atoms with E-state index in [1.165, 1.54) is 22.3 Å². The number of amides is 2. The molecule has 2 aliphatic carbocycles. The molecule has 178 valence electrons. The fourth-order valence-electron chi connectivity index (χ4n) is 5.56. The van der Waals surface area contributed by atoms with E-state index in [9.17, 15) is 14.4 Å². The predicted molar refractivity (Wildman–Crippen MR) is 126 cm³/mol. The molecule has 7 heteroatoms. The van der Waals surface area contributed by atoms with Gasteiger partial charge in [0, 0.05) is 31.0 Å². The number of likely N-dealkylation sites (tertiary alicyclic amines) is 1. The molecule has 3 atom stereocenters. The van der Waals surface area contributed by atoms with E-state index in [0.717, 1.165) is 25.7 Å².